The van der Waals surface area contributed by atoms with E-state index in [0.717, 1.165) is 6.07 Å². The predicted octanol–water partition coefficient (Wildman–Crippen LogP) is 2.33. The normalized spacial score (nSPS) is 10.4. The fraction of sp³-hybridized carbons (Fsp3) is 0.400. The molecule has 0 aromatic heterocycles. The van der Waals surface area contributed by atoms with E-state index in [-0.39, 0.29) is 11.9 Å². The van der Waals surface area contributed by atoms with Crippen LogP contribution in [0.2, 0.25) is 0 Å². The molecule has 0 fully saturated rings. The van der Waals surface area contributed by atoms with Crippen molar-refractivity contribution in [2.45, 2.75) is 20.0 Å². The molecule has 3 nitrogen and oxygen atoms in total. The molecule has 1 aromatic rings. The number of phenolic OH excluding ortho intramolecular Hbond substituents is 1. The number of hydrogen-bond acceptors (Lipinski definition) is 3. The van der Waals surface area contributed by atoms with E-state index in [0.29, 0.717) is 5.75 Å². The van der Waals surface area contributed by atoms with Gasteiger partial charge in [0.05, 0.1) is 13.2 Å². The van der Waals surface area contributed by atoms with Crippen LogP contribution in [0.1, 0.15) is 13.8 Å². The second-order valence-electron chi connectivity index (χ2n) is 3.12. The Bertz CT molecular complexity index is 323. The van der Waals surface area contributed by atoms with Gasteiger partial charge in [0.1, 0.15) is 0 Å². The predicted molar refractivity (Wildman–Crippen MR) is 50.4 cm³/mol. The van der Waals surface area contributed by atoms with E-state index >= 15 is 0 Å². The maximum absolute atomic E-state index is 13.0. The van der Waals surface area contributed by atoms with Crippen molar-refractivity contribution in [1.29, 1.82) is 0 Å². The Balaban J connectivity index is 3.07. The van der Waals surface area contributed by atoms with Crippen molar-refractivity contribution in [1.82, 2.24) is 0 Å². The second kappa shape index (κ2) is 4.17. The molecule has 0 amide bonds. The maximum Gasteiger partial charge on any atom is 0.168 e. The first-order chi connectivity index (χ1) is 6.54. The van der Waals surface area contributed by atoms with Gasteiger partial charge in [-0.3, -0.25) is 0 Å². The lowest BCUT2D eigenvalue weighted by molar-refractivity contribution is 0.228. The van der Waals surface area contributed by atoms with E-state index < -0.39 is 11.6 Å². The third-order valence-corrected chi connectivity index (χ3v) is 1.60. The highest BCUT2D eigenvalue weighted by Gasteiger charge is 2.11. The SMILES string of the molecule is COc1cc(O)c(F)cc1OC(C)C. The van der Waals surface area contributed by atoms with Crippen molar-refractivity contribution in [2.75, 3.05) is 7.11 Å². The van der Waals surface area contributed by atoms with Crippen molar-refractivity contribution in [2.24, 2.45) is 0 Å². The Morgan fingerprint density at radius 2 is 1.93 bits per heavy atom. The minimum atomic E-state index is -0.721. The zero-order chi connectivity index (χ0) is 10.7. The van der Waals surface area contributed by atoms with Gasteiger partial charge in [-0.2, -0.15) is 0 Å². The van der Waals surface area contributed by atoms with E-state index in [2.05, 4.69) is 0 Å². The van der Waals surface area contributed by atoms with Crippen molar-refractivity contribution in [3.05, 3.63) is 17.9 Å². The first kappa shape index (κ1) is 10.6. The fourth-order valence-corrected chi connectivity index (χ4v) is 1.03. The van der Waals surface area contributed by atoms with Crippen molar-refractivity contribution < 1.29 is 19.0 Å². The highest BCUT2D eigenvalue weighted by atomic mass is 19.1. The summed E-state index contributed by atoms with van der Waals surface area (Å²) in [5.41, 5.74) is 0. The summed E-state index contributed by atoms with van der Waals surface area (Å²) in [6.07, 6.45) is -0.0761. The third-order valence-electron chi connectivity index (χ3n) is 1.60. The monoisotopic (exact) mass is 200 g/mol. The van der Waals surface area contributed by atoms with Crippen LogP contribution in [0.15, 0.2) is 12.1 Å². The summed E-state index contributed by atoms with van der Waals surface area (Å²) in [7, 11) is 1.43. The summed E-state index contributed by atoms with van der Waals surface area (Å²) in [6, 6.07) is 2.29. The average molecular weight is 200 g/mol. The first-order valence-corrected chi connectivity index (χ1v) is 4.27. The number of phenols is 1. The zero-order valence-corrected chi connectivity index (χ0v) is 8.37. The minimum absolute atomic E-state index is 0.0761. The molecule has 4 heteroatoms. The molecular formula is C10H13FO3. The first-order valence-electron chi connectivity index (χ1n) is 4.27. The van der Waals surface area contributed by atoms with Gasteiger partial charge in [0, 0.05) is 12.1 Å². The molecule has 0 aliphatic rings. The van der Waals surface area contributed by atoms with Gasteiger partial charge in [-0.05, 0) is 13.8 Å². The average Bonchev–Trinajstić information content (AvgIpc) is 2.10. The number of benzene rings is 1. The van der Waals surface area contributed by atoms with Gasteiger partial charge in [0.25, 0.3) is 0 Å². The van der Waals surface area contributed by atoms with Gasteiger partial charge >= 0.3 is 0 Å². The molecule has 0 saturated heterocycles. The van der Waals surface area contributed by atoms with Gasteiger partial charge in [0.15, 0.2) is 23.1 Å². The molecule has 0 atom stereocenters. The van der Waals surface area contributed by atoms with Crippen LogP contribution < -0.4 is 9.47 Å². The highest BCUT2D eigenvalue weighted by Crippen LogP contribution is 2.33. The van der Waals surface area contributed by atoms with Gasteiger partial charge in [0.2, 0.25) is 0 Å². The summed E-state index contributed by atoms with van der Waals surface area (Å²) in [6.45, 7) is 3.65. The standard InChI is InChI=1S/C10H13FO3/c1-6(2)14-10-4-7(11)8(12)5-9(10)13-3/h4-6,12H,1-3H3. The highest BCUT2D eigenvalue weighted by molar-refractivity contribution is 5.46. The molecule has 0 heterocycles. The van der Waals surface area contributed by atoms with E-state index in [4.69, 9.17) is 14.6 Å². The molecule has 0 unspecified atom stereocenters. The third kappa shape index (κ3) is 2.28. The molecule has 0 radical (unpaired) electrons. The lowest BCUT2D eigenvalue weighted by Gasteiger charge is -2.13. The largest absolute Gasteiger partial charge is 0.505 e. The Labute approximate surface area is 82.1 Å². The molecule has 0 bridgehead atoms. The number of ether oxygens (including phenoxy) is 2. The molecule has 0 saturated carbocycles. The summed E-state index contributed by atoms with van der Waals surface area (Å²) in [5.74, 6) is -0.560. The van der Waals surface area contributed by atoms with Crippen molar-refractivity contribution in [3.8, 4) is 17.2 Å². The van der Waals surface area contributed by atoms with E-state index in [1.54, 1.807) is 0 Å². The number of methoxy groups -OCH3 is 1. The van der Waals surface area contributed by atoms with Crippen LogP contribution in [0.4, 0.5) is 4.39 Å². The Kier molecular flexibility index (Phi) is 3.17. The van der Waals surface area contributed by atoms with Crippen LogP contribution in [0, 0.1) is 5.82 Å². The number of rotatable bonds is 3. The Morgan fingerprint density at radius 3 is 2.43 bits per heavy atom. The lowest BCUT2D eigenvalue weighted by atomic mass is 10.3. The molecule has 1 N–H and O–H groups in total. The minimum Gasteiger partial charge on any atom is -0.505 e. The van der Waals surface area contributed by atoms with Crippen LogP contribution >= 0.6 is 0 Å². The van der Waals surface area contributed by atoms with Crippen molar-refractivity contribution in [3.63, 3.8) is 0 Å². The van der Waals surface area contributed by atoms with Crippen molar-refractivity contribution >= 4 is 0 Å². The van der Waals surface area contributed by atoms with Crippen LogP contribution in [0.25, 0.3) is 0 Å². The smallest absolute Gasteiger partial charge is 0.168 e. The molecule has 0 aliphatic carbocycles. The maximum atomic E-state index is 13.0. The van der Waals surface area contributed by atoms with Crippen LogP contribution in [0.5, 0.6) is 17.2 Å². The van der Waals surface area contributed by atoms with Gasteiger partial charge in [-0.15, -0.1) is 0 Å². The van der Waals surface area contributed by atoms with E-state index in [1.165, 1.54) is 13.2 Å². The Hall–Kier alpha value is -1.45. The summed E-state index contributed by atoms with van der Waals surface area (Å²) in [5, 5.41) is 9.08. The summed E-state index contributed by atoms with van der Waals surface area (Å²) in [4.78, 5) is 0. The number of aromatic hydroxyl groups is 1. The van der Waals surface area contributed by atoms with Gasteiger partial charge in [-0.1, -0.05) is 0 Å². The summed E-state index contributed by atoms with van der Waals surface area (Å²) < 4.78 is 23.2. The zero-order valence-electron chi connectivity index (χ0n) is 8.37. The molecular weight excluding hydrogens is 187 g/mol. The number of hydrogen-bond donors (Lipinski definition) is 1. The Morgan fingerprint density at radius 1 is 1.29 bits per heavy atom. The van der Waals surface area contributed by atoms with Crippen LogP contribution in [0.3, 0.4) is 0 Å². The molecule has 14 heavy (non-hydrogen) atoms. The number of halogens is 1. The van der Waals surface area contributed by atoms with E-state index in [1.807, 2.05) is 13.8 Å². The molecule has 1 aromatic carbocycles. The van der Waals surface area contributed by atoms with Gasteiger partial charge in [-0.25, -0.2) is 4.39 Å². The fourth-order valence-electron chi connectivity index (χ4n) is 1.03. The molecule has 1 rings (SSSR count). The topological polar surface area (TPSA) is 38.7 Å². The summed E-state index contributed by atoms with van der Waals surface area (Å²) >= 11 is 0. The quantitative estimate of drug-likeness (QED) is 0.813. The van der Waals surface area contributed by atoms with Gasteiger partial charge < -0.3 is 14.6 Å². The molecule has 0 spiro atoms. The lowest BCUT2D eigenvalue weighted by Crippen LogP contribution is -2.06. The van der Waals surface area contributed by atoms with Crippen LogP contribution in [-0.4, -0.2) is 18.3 Å². The molecule has 0 aliphatic heterocycles. The van der Waals surface area contributed by atoms with Crippen LogP contribution in [-0.2, 0) is 0 Å². The van der Waals surface area contributed by atoms with E-state index in [9.17, 15) is 4.39 Å². The molecule has 78 valence electrons. The second-order valence-corrected chi connectivity index (χ2v) is 3.12.